The number of anilines is 1. The molecule has 0 saturated heterocycles. The Hall–Kier alpha value is -2.68. The van der Waals surface area contributed by atoms with Crippen molar-refractivity contribution in [2.45, 2.75) is 13.3 Å². The largest absolute Gasteiger partial charge is 0.370 e. The van der Waals surface area contributed by atoms with Crippen LogP contribution in [0.5, 0.6) is 0 Å². The van der Waals surface area contributed by atoms with E-state index >= 15 is 0 Å². The predicted octanol–water partition coefficient (Wildman–Crippen LogP) is 4.23. The van der Waals surface area contributed by atoms with Crippen LogP contribution in [-0.4, -0.2) is 17.3 Å². The van der Waals surface area contributed by atoms with E-state index in [1.807, 2.05) is 67.7 Å². The lowest BCUT2D eigenvalue weighted by molar-refractivity contribution is 0.0986. The molecule has 0 fully saturated rings. The van der Waals surface area contributed by atoms with E-state index in [0.717, 1.165) is 27.7 Å². The predicted molar refractivity (Wildman–Crippen MR) is 90.4 cm³/mol. The molecule has 0 atom stereocenters. The Bertz CT molecular complexity index is 794. The number of aryl methyl sites for hydroxylation is 1. The SMILES string of the molecule is Cc1ccc(NCCC(=O)c2ccc3ccccc3c2)nc1. The fourth-order valence-electron chi connectivity index (χ4n) is 2.38. The van der Waals surface area contributed by atoms with Crippen LogP contribution >= 0.6 is 0 Å². The molecule has 0 aliphatic heterocycles. The van der Waals surface area contributed by atoms with Crippen molar-refractivity contribution in [1.82, 2.24) is 4.98 Å². The molecule has 0 aliphatic carbocycles. The van der Waals surface area contributed by atoms with Gasteiger partial charge in [-0.15, -0.1) is 0 Å². The molecule has 3 nitrogen and oxygen atoms in total. The van der Waals surface area contributed by atoms with E-state index in [0.29, 0.717) is 13.0 Å². The van der Waals surface area contributed by atoms with Gasteiger partial charge in [0.25, 0.3) is 0 Å². The number of aromatic nitrogens is 1. The fraction of sp³-hybridized carbons (Fsp3) is 0.158. The molecule has 0 unspecified atom stereocenters. The zero-order valence-corrected chi connectivity index (χ0v) is 12.5. The van der Waals surface area contributed by atoms with E-state index in [2.05, 4.69) is 10.3 Å². The Morgan fingerprint density at radius 2 is 1.86 bits per heavy atom. The molecular weight excluding hydrogens is 272 g/mol. The molecule has 0 radical (unpaired) electrons. The van der Waals surface area contributed by atoms with E-state index in [1.165, 1.54) is 0 Å². The first-order chi connectivity index (χ1) is 10.7. The van der Waals surface area contributed by atoms with Crippen molar-refractivity contribution in [3.8, 4) is 0 Å². The zero-order valence-electron chi connectivity index (χ0n) is 12.5. The Kier molecular flexibility index (Phi) is 4.15. The number of Topliss-reactive ketones (excluding diaryl/α,β-unsaturated/α-hetero) is 1. The molecule has 3 aromatic rings. The molecule has 1 heterocycles. The molecule has 1 aromatic heterocycles. The summed E-state index contributed by atoms with van der Waals surface area (Å²) in [5, 5.41) is 5.43. The molecule has 0 saturated carbocycles. The van der Waals surface area contributed by atoms with Crippen molar-refractivity contribution in [3.63, 3.8) is 0 Å². The standard InChI is InChI=1S/C19H18N2O/c1-14-6-9-19(21-13-14)20-11-10-18(22)17-8-7-15-4-2-3-5-16(15)12-17/h2-9,12-13H,10-11H2,1H3,(H,20,21). The minimum atomic E-state index is 0.144. The average molecular weight is 290 g/mol. The maximum Gasteiger partial charge on any atom is 0.164 e. The number of rotatable bonds is 5. The third kappa shape index (κ3) is 3.31. The van der Waals surface area contributed by atoms with E-state index in [9.17, 15) is 4.79 Å². The smallest absolute Gasteiger partial charge is 0.164 e. The molecule has 0 spiro atoms. The van der Waals surface area contributed by atoms with Crippen LogP contribution in [0, 0.1) is 6.92 Å². The number of benzene rings is 2. The van der Waals surface area contributed by atoms with Gasteiger partial charge in [0.15, 0.2) is 5.78 Å². The Morgan fingerprint density at radius 3 is 2.64 bits per heavy atom. The maximum atomic E-state index is 12.3. The summed E-state index contributed by atoms with van der Waals surface area (Å²) in [6, 6.07) is 17.8. The Labute approximate surface area is 130 Å². The van der Waals surface area contributed by atoms with Gasteiger partial charge < -0.3 is 5.32 Å². The molecule has 3 heteroatoms. The van der Waals surface area contributed by atoms with E-state index < -0.39 is 0 Å². The second-order valence-electron chi connectivity index (χ2n) is 5.38. The lowest BCUT2D eigenvalue weighted by Gasteiger charge is -2.06. The first kappa shape index (κ1) is 14.3. The molecule has 3 rings (SSSR count). The van der Waals surface area contributed by atoms with E-state index in [4.69, 9.17) is 0 Å². The zero-order chi connectivity index (χ0) is 15.4. The van der Waals surface area contributed by atoms with Gasteiger partial charge in [-0.05, 0) is 35.4 Å². The number of hydrogen-bond donors (Lipinski definition) is 1. The lowest BCUT2D eigenvalue weighted by Crippen LogP contribution is -2.09. The van der Waals surface area contributed by atoms with Crippen LogP contribution in [0.3, 0.4) is 0 Å². The summed E-state index contributed by atoms with van der Waals surface area (Å²) in [6.45, 7) is 2.59. The monoisotopic (exact) mass is 290 g/mol. The Morgan fingerprint density at radius 1 is 1.05 bits per heavy atom. The molecule has 1 N–H and O–H groups in total. The number of nitrogens with zero attached hydrogens (tertiary/aromatic N) is 1. The van der Waals surface area contributed by atoms with Crippen LogP contribution in [0.2, 0.25) is 0 Å². The minimum Gasteiger partial charge on any atom is -0.370 e. The number of carbonyl (C=O) groups excluding carboxylic acids is 1. The first-order valence-electron chi connectivity index (χ1n) is 7.41. The van der Waals surface area contributed by atoms with Gasteiger partial charge in [-0.2, -0.15) is 0 Å². The minimum absolute atomic E-state index is 0.144. The second-order valence-corrected chi connectivity index (χ2v) is 5.38. The molecular formula is C19H18N2O. The molecule has 2 aromatic carbocycles. The topological polar surface area (TPSA) is 42.0 Å². The average Bonchev–Trinajstić information content (AvgIpc) is 2.56. The van der Waals surface area contributed by atoms with Gasteiger partial charge in [-0.3, -0.25) is 4.79 Å². The summed E-state index contributed by atoms with van der Waals surface area (Å²) >= 11 is 0. The summed E-state index contributed by atoms with van der Waals surface area (Å²) in [7, 11) is 0. The maximum absolute atomic E-state index is 12.3. The van der Waals surface area contributed by atoms with Crippen LogP contribution in [0.25, 0.3) is 10.8 Å². The van der Waals surface area contributed by atoms with Crippen LogP contribution in [0.4, 0.5) is 5.82 Å². The summed E-state index contributed by atoms with van der Waals surface area (Å²) in [6.07, 6.45) is 2.27. The number of nitrogens with one attached hydrogen (secondary N) is 1. The molecule has 0 aliphatic rings. The fourth-order valence-corrected chi connectivity index (χ4v) is 2.38. The van der Waals surface area contributed by atoms with Crippen molar-refractivity contribution < 1.29 is 4.79 Å². The summed E-state index contributed by atoms with van der Waals surface area (Å²) in [4.78, 5) is 16.5. The van der Waals surface area contributed by atoms with Gasteiger partial charge >= 0.3 is 0 Å². The highest BCUT2D eigenvalue weighted by Gasteiger charge is 2.06. The van der Waals surface area contributed by atoms with E-state index in [-0.39, 0.29) is 5.78 Å². The van der Waals surface area contributed by atoms with Gasteiger partial charge in [-0.1, -0.05) is 42.5 Å². The van der Waals surface area contributed by atoms with E-state index in [1.54, 1.807) is 0 Å². The number of carbonyl (C=O) groups is 1. The highest BCUT2D eigenvalue weighted by Crippen LogP contribution is 2.16. The molecule has 22 heavy (non-hydrogen) atoms. The summed E-state index contributed by atoms with van der Waals surface area (Å²) < 4.78 is 0. The van der Waals surface area contributed by atoms with Crippen LogP contribution < -0.4 is 5.32 Å². The van der Waals surface area contributed by atoms with Crippen LogP contribution in [0.1, 0.15) is 22.3 Å². The Balaban J connectivity index is 1.62. The first-order valence-corrected chi connectivity index (χ1v) is 7.41. The van der Waals surface area contributed by atoms with Gasteiger partial charge in [0.1, 0.15) is 5.82 Å². The van der Waals surface area contributed by atoms with Crippen LogP contribution in [0.15, 0.2) is 60.8 Å². The van der Waals surface area contributed by atoms with Crippen molar-refractivity contribution in [1.29, 1.82) is 0 Å². The summed E-state index contributed by atoms with van der Waals surface area (Å²) in [5.74, 6) is 0.947. The van der Waals surface area contributed by atoms with Crippen molar-refractivity contribution >= 4 is 22.4 Å². The number of pyridine rings is 1. The highest BCUT2D eigenvalue weighted by molar-refractivity contribution is 6.00. The second kappa shape index (κ2) is 6.39. The number of hydrogen-bond acceptors (Lipinski definition) is 3. The van der Waals surface area contributed by atoms with Gasteiger partial charge in [0, 0.05) is 24.7 Å². The van der Waals surface area contributed by atoms with Crippen molar-refractivity contribution in [2.75, 3.05) is 11.9 Å². The van der Waals surface area contributed by atoms with Crippen molar-refractivity contribution in [3.05, 3.63) is 71.9 Å². The van der Waals surface area contributed by atoms with Crippen molar-refractivity contribution in [2.24, 2.45) is 0 Å². The third-order valence-corrected chi connectivity index (χ3v) is 3.64. The van der Waals surface area contributed by atoms with Crippen LogP contribution in [-0.2, 0) is 0 Å². The van der Waals surface area contributed by atoms with Gasteiger partial charge in [-0.25, -0.2) is 4.98 Å². The highest BCUT2D eigenvalue weighted by atomic mass is 16.1. The van der Waals surface area contributed by atoms with Gasteiger partial charge in [0.05, 0.1) is 0 Å². The number of fused-ring (bicyclic) bond motifs is 1. The normalized spacial score (nSPS) is 10.6. The molecule has 110 valence electrons. The third-order valence-electron chi connectivity index (χ3n) is 3.64. The molecule has 0 amide bonds. The lowest BCUT2D eigenvalue weighted by atomic mass is 10.0. The van der Waals surface area contributed by atoms with Gasteiger partial charge in [0.2, 0.25) is 0 Å². The summed E-state index contributed by atoms with van der Waals surface area (Å²) in [5.41, 5.74) is 1.88. The quantitative estimate of drug-likeness (QED) is 0.715. The molecule has 0 bridgehead atoms. The number of ketones is 1.